The Balaban J connectivity index is 1.27. The Morgan fingerprint density at radius 3 is 2.55 bits per heavy atom. The van der Waals surface area contributed by atoms with Gasteiger partial charge in [-0.05, 0) is 50.8 Å². The number of piperidine rings is 1. The van der Waals surface area contributed by atoms with Crippen molar-refractivity contribution in [3.63, 3.8) is 0 Å². The van der Waals surface area contributed by atoms with E-state index in [0.717, 1.165) is 65.4 Å². The summed E-state index contributed by atoms with van der Waals surface area (Å²) in [6, 6.07) is 3.82. The van der Waals surface area contributed by atoms with Gasteiger partial charge in [0.1, 0.15) is 11.4 Å². The molecule has 1 aromatic carbocycles. The Bertz CT molecular complexity index is 1180. The molecule has 9 nitrogen and oxygen atoms in total. The molecule has 206 valence electrons. The number of hydrogen-bond donors (Lipinski definition) is 4. The first-order chi connectivity index (χ1) is 18.3. The van der Waals surface area contributed by atoms with Crippen LogP contribution in [0.3, 0.4) is 0 Å². The van der Waals surface area contributed by atoms with Crippen molar-refractivity contribution in [1.82, 2.24) is 20.5 Å². The van der Waals surface area contributed by atoms with Crippen molar-refractivity contribution in [3.8, 4) is 5.75 Å². The van der Waals surface area contributed by atoms with Crippen LogP contribution < -0.4 is 15.5 Å². The van der Waals surface area contributed by atoms with Gasteiger partial charge in [0.25, 0.3) is 11.8 Å². The summed E-state index contributed by atoms with van der Waals surface area (Å²) >= 11 is 1.81. The third-order valence-corrected chi connectivity index (χ3v) is 8.25. The topological polar surface area (TPSA) is 118 Å². The Kier molecular flexibility index (Phi) is 9.38. The minimum Gasteiger partial charge on any atom is -0.506 e. The van der Waals surface area contributed by atoms with E-state index in [2.05, 4.69) is 34.4 Å². The normalized spacial score (nSPS) is 16.4. The molecule has 2 aromatic rings. The highest BCUT2D eigenvalue weighted by Gasteiger charge is 2.26. The fraction of sp³-hybridized carbons (Fsp3) is 0.536. The number of anilines is 1. The number of amides is 3. The summed E-state index contributed by atoms with van der Waals surface area (Å²) in [5, 5.41) is 19.8. The number of aromatic amines is 1. The number of carbonyl (C=O) groups excluding carboxylic acids is 3. The minimum atomic E-state index is -0.309. The highest BCUT2D eigenvalue weighted by atomic mass is 32.2. The van der Waals surface area contributed by atoms with E-state index in [9.17, 15) is 19.5 Å². The van der Waals surface area contributed by atoms with Crippen LogP contribution in [0.1, 0.15) is 51.5 Å². The lowest BCUT2D eigenvalue weighted by atomic mass is 9.93. The molecule has 1 aromatic heterocycles. The van der Waals surface area contributed by atoms with Crippen molar-refractivity contribution in [2.24, 2.45) is 5.92 Å². The average molecular weight is 542 g/mol. The third kappa shape index (κ3) is 6.53. The van der Waals surface area contributed by atoms with E-state index in [0.29, 0.717) is 36.3 Å². The van der Waals surface area contributed by atoms with E-state index < -0.39 is 0 Å². The lowest BCUT2D eigenvalue weighted by Gasteiger charge is -2.34. The maximum absolute atomic E-state index is 12.2. The van der Waals surface area contributed by atoms with Crippen molar-refractivity contribution in [2.75, 3.05) is 38.1 Å². The molecule has 4 N–H and O–H groups in total. The first kappa shape index (κ1) is 28.0. The Morgan fingerprint density at radius 1 is 1.18 bits per heavy atom. The number of thioether (sulfide) groups is 1. The molecule has 0 unspecified atom stereocenters. The van der Waals surface area contributed by atoms with Crippen LogP contribution in [0.5, 0.6) is 5.75 Å². The Hall–Kier alpha value is -2.98. The number of imide groups is 1. The fourth-order valence-electron chi connectivity index (χ4n) is 5.28. The molecule has 3 amide bonds. The van der Waals surface area contributed by atoms with Crippen molar-refractivity contribution in [1.29, 1.82) is 0 Å². The molecule has 10 heteroatoms. The summed E-state index contributed by atoms with van der Waals surface area (Å²) in [4.78, 5) is 42.4. The molecule has 3 heterocycles. The quantitative estimate of drug-likeness (QED) is 0.240. The number of rotatable bonds is 12. The molecule has 1 saturated heterocycles. The number of phenols is 1. The monoisotopic (exact) mass is 541 g/mol. The summed E-state index contributed by atoms with van der Waals surface area (Å²) in [7, 11) is 1.95. The predicted octanol–water partition coefficient (Wildman–Crippen LogP) is 3.52. The van der Waals surface area contributed by atoms with Crippen LogP contribution in [0.2, 0.25) is 0 Å². The number of carbonyl (C=O) groups is 3. The van der Waals surface area contributed by atoms with E-state index in [1.54, 1.807) is 0 Å². The molecule has 0 spiro atoms. The highest BCUT2D eigenvalue weighted by molar-refractivity contribution is 7.99. The average Bonchev–Trinajstić information content (AvgIpc) is 3.38. The number of aromatic nitrogens is 1. The largest absolute Gasteiger partial charge is 0.506 e. The van der Waals surface area contributed by atoms with Crippen LogP contribution in [0.4, 0.5) is 5.69 Å². The number of fused-ring (bicyclic) bond motifs is 1. The number of nitrogens with zero attached hydrogens (tertiary/aromatic N) is 2. The van der Waals surface area contributed by atoms with Gasteiger partial charge in [-0.3, -0.25) is 19.3 Å². The number of H-pyrrole nitrogens is 1. The highest BCUT2D eigenvalue weighted by Crippen LogP contribution is 2.42. The molecule has 0 atom stereocenters. The molecule has 38 heavy (non-hydrogen) atoms. The number of hydrogen-bond acceptors (Lipinski definition) is 7. The summed E-state index contributed by atoms with van der Waals surface area (Å²) in [6.45, 7) is 7.72. The Labute approximate surface area is 228 Å². The molecule has 0 saturated carbocycles. The zero-order valence-electron chi connectivity index (χ0n) is 22.5. The second-order valence-corrected chi connectivity index (χ2v) is 11.9. The molecule has 0 bridgehead atoms. The second-order valence-electron chi connectivity index (χ2n) is 10.3. The van der Waals surface area contributed by atoms with Crippen molar-refractivity contribution in [2.45, 2.75) is 62.8 Å². The maximum Gasteiger partial charge on any atom is 0.253 e. The smallest absolute Gasteiger partial charge is 0.253 e. The van der Waals surface area contributed by atoms with Crippen LogP contribution in [0.15, 0.2) is 29.3 Å². The summed E-state index contributed by atoms with van der Waals surface area (Å²) in [6.07, 6.45) is 6.18. The molecular weight excluding hydrogens is 502 g/mol. The van der Waals surface area contributed by atoms with Gasteiger partial charge in [-0.15, -0.1) is 11.8 Å². The number of phenolic OH excluding ortho intramolecular Hbond substituents is 1. The Morgan fingerprint density at radius 2 is 1.89 bits per heavy atom. The van der Waals surface area contributed by atoms with E-state index in [4.69, 9.17) is 0 Å². The first-order valence-electron chi connectivity index (χ1n) is 13.5. The molecule has 4 rings (SSSR count). The van der Waals surface area contributed by atoms with Gasteiger partial charge in [0.15, 0.2) is 0 Å². The van der Waals surface area contributed by atoms with Crippen LogP contribution in [0, 0.1) is 5.92 Å². The van der Waals surface area contributed by atoms with Crippen molar-refractivity contribution < 1.29 is 19.5 Å². The van der Waals surface area contributed by atoms with Crippen molar-refractivity contribution in [3.05, 3.63) is 29.8 Å². The van der Waals surface area contributed by atoms with Gasteiger partial charge in [0, 0.05) is 67.5 Å². The van der Waals surface area contributed by atoms with Crippen LogP contribution in [-0.2, 0) is 20.9 Å². The number of nitrogens with one attached hydrogen (secondary N) is 3. The first-order valence-corrected chi connectivity index (χ1v) is 14.4. The van der Waals surface area contributed by atoms with Crippen LogP contribution in [-0.4, -0.2) is 71.2 Å². The fourth-order valence-corrected chi connectivity index (χ4v) is 6.23. The molecule has 1 fully saturated rings. The van der Waals surface area contributed by atoms with Gasteiger partial charge >= 0.3 is 0 Å². The van der Waals surface area contributed by atoms with E-state index in [1.807, 2.05) is 30.9 Å². The van der Waals surface area contributed by atoms with Gasteiger partial charge in [-0.2, -0.15) is 0 Å². The predicted molar refractivity (Wildman–Crippen MR) is 151 cm³/mol. The van der Waals surface area contributed by atoms with Crippen molar-refractivity contribution >= 4 is 46.1 Å². The minimum absolute atomic E-state index is 0.0507. The van der Waals surface area contributed by atoms with E-state index >= 15 is 0 Å². The number of benzene rings is 1. The zero-order valence-corrected chi connectivity index (χ0v) is 23.3. The lowest BCUT2D eigenvalue weighted by molar-refractivity contribution is -0.137. The molecule has 0 aliphatic carbocycles. The maximum atomic E-state index is 12.2. The standard InChI is InChI=1S/C28H39N5O4S/c1-18(2)38-28-21(17-29-3)20-6-7-22(34)27(26(20)31-28)32-15-11-19(12-16-32)10-13-30-23(35)5-4-14-33-24(36)8-9-25(33)37/h6-9,18-19,29,31,34H,4-5,10-17H2,1-3H3,(H,30,35). The van der Waals surface area contributed by atoms with Crippen LogP contribution >= 0.6 is 11.8 Å². The summed E-state index contributed by atoms with van der Waals surface area (Å²) < 4.78 is 0. The second kappa shape index (κ2) is 12.7. The van der Waals surface area contributed by atoms with E-state index in [-0.39, 0.29) is 24.3 Å². The number of aromatic hydroxyl groups is 1. The molecule has 2 aliphatic heterocycles. The summed E-state index contributed by atoms with van der Waals surface area (Å²) in [5.41, 5.74) is 3.12. The third-order valence-electron chi connectivity index (χ3n) is 7.19. The zero-order chi connectivity index (χ0) is 27.2. The molecule has 0 radical (unpaired) electrons. The van der Waals surface area contributed by atoms with Gasteiger partial charge in [-0.1, -0.05) is 13.8 Å². The van der Waals surface area contributed by atoms with E-state index in [1.165, 1.54) is 17.7 Å². The molecular formula is C28H39N5O4S. The SMILES string of the molecule is CNCc1c(SC(C)C)[nH]c2c(N3CCC(CCNC(=O)CCCN4C(=O)C=CC4=O)CC3)c(O)ccc12. The van der Waals surface area contributed by atoms with Crippen LogP contribution in [0.25, 0.3) is 10.9 Å². The van der Waals surface area contributed by atoms with Gasteiger partial charge in [0.05, 0.1) is 10.5 Å². The van der Waals surface area contributed by atoms with Gasteiger partial charge in [0.2, 0.25) is 5.91 Å². The summed E-state index contributed by atoms with van der Waals surface area (Å²) in [5.74, 6) is 0.140. The van der Waals surface area contributed by atoms with Gasteiger partial charge < -0.3 is 25.6 Å². The lowest BCUT2D eigenvalue weighted by Crippen LogP contribution is -2.35. The van der Waals surface area contributed by atoms with Gasteiger partial charge in [-0.25, -0.2) is 0 Å². The molecule has 2 aliphatic rings.